The van der Waals surface area contributed by atoms with Gasteiger partial charge in [0.2, 0.25) is 0 Å². The Hall–Kier alpha value is -0.640. The van der Waals surface area contributed by atoms with Crippen LogP contribution in [0.2, 0.25) is 5.02 Å². The van der Waals surface area contributed by atoms with Gasteiger partial charge in [0.15, 0.2) is 0 Å². The predicted octanol–water partition coefficient (Wildman–Crippen LogP) is 3.27. The van der Waals surface area contributed by atoms with E-state index in [-0.39, 0.29) is 17.2 Å². The summed E-state index contributed by atoms with van der Waals surface area (Å²) in [4.78, 5) is 0. The van der Waals surface area contributed by atoms with Crippen LogP contribution in [0.4, 0.5) is 4.39 Å². The summed E-state index contributed by atoms with van der Waals surface area (Å²) in [7, 11) is 0. The average Bonchev–Trinajstić information content (AvgIpc) is 2.32. The zero-order valence-electron chi connectivity index (χ0n) is 9.66. The van der Waals surface area contributed by atoms with Gasteiger partial charge in [0.05, 0.1) is 17.7 Å². The highest BCUT2D eigenvalue weighted by atomic mass is 35.5. The number of benzene rings is 1. The van der Waals surface area contributed by atoms with Crippen molar-refractivity contribution in [2.24, 2.45) is 5.73 Å². The third-order valence-electron chi connectivity index (χ3n) is 3.20. The third kappa shape index (κ3) is 3.41. The molecule has 2 atom stereocenters. The molecule has 0 saturated heterocycles. The second-order valence-corrected chi connectivity index (χ2v) is 4.95. The summed E-state index contributed by atoms with van der Waals surface area (Å²) in [6.07, 6.45) is 4.45. The van der Waals surface area contributed by atoms with Crippen molar-refractivity contribution in [3.8, 4) is 0 Å². The van der Waals surface area contributed by atoms with Crippen LogP contribution in [0.15, 0.2) is 18.2 Å². The number of nitrogens with two attached hydrogens (primary N) is 1. The second kappa shape index (κ2) is 5.80. The molecule has 2 nitrogen and oxygen atoms in total. The van der Waals surface area contributed by atoms with E-state index in [0.29, 0.717) is 6.61 Å². The summed E-state index contributed by atoms with van der Waals surface area (Å²) < 4.78 is 19.0. The molecule has 0 aliphatic heterocycles. The third-order valence-corrected chi connectivity index (χ3v) is 3.51. The topological polar surface area (TPSA) is 35.2 Å². The van der Waals surface area contributed by atoms with Crippen molar-refractivity contribution in [1.29, 1.82) is 0 Å². The van der Waals surface area contributed by atoms with Crippen LogP contribution in [-0.4, -0.2) is 12.1 Å². The van der Waals surface area contributed by atoms with Gasteiger partial charge in [-0.1, -0.05) is 30.5 Å². The van der Waals surface area contributed by atoms with Crippen LogP contribution in [0.25, 0.3) is 0 Å². The number of hydrogen-bond acceptors (Lipinski definition) is 2. The standard InChI is InChI=1S/C13H17ClFNO/c14-10-6-5-9(7-11(10)15)8-17-13-4-2-1-3-12(13)16/h5-7,12-13H,1-4,8,16H2. The van der Waals surface area contributed by atoms with Crippen LogP contribution in [0.3, 0.4) is 0 Å². The summed E-state index contributed by atoms with van der Waals surface area (Å²) in [6.45, 7) is 0.395. The lowest BCUT2D eigenvalue weighted by Crippen LogP contribution is -2.39. The molecule has 4 heteroatoms. The van der Waals surface area contributed by atoms with Gasteiger partial charge in [-0.05, 0) is 30.5 Å². The van der Waals surface area contributed by atoms with Crippen molar-refractivity contribution in [2.45, 2.75) is 44.4 Å². The molecular weight excluding hydrogens is 241 g/mol. The molecule has 1 aromatic carbocycles. The number of rotatable bonds is 3. The minimum Gasteiger partial charge on any atom is -0.372 e. The molecule has 0 spiro atoms. The molecule has 2 N–H and O–H groups in total. The van der Waals surface area contributed by atoms with Gasteiger partial charge in [0.1, 0.15) is 5.82 Å². The lowest BCUT2D eigenvalue weighted by atomic mass is 9.93. The van der Waals surface area contributed by atoms with E-state index in [4.69, 9.17) is 22.1 Å². The van der Waals surface area contributed by atoms with Crippen molar-refractivity contribution in [3.63, 3.8) is 0 Å². The Morgan fingerprint density at radius 1 is 1.35 bits per heavy atom. The highest BCUT2D eigenvalue weighted by Gasteiger charge is 2.22. The summed E-state index contributed by atoms with van der Waals surface area (Å²) in [5, 5.41) is 0.142. The molecule has 0 radical (unpaired) electrons. The van der Waals surface area contributed by atoms with E-state index in [1.54, 1.807) is 12.1 Å². The van der Waals surface area contributed by atoms with Crippen molar-refractivity contribution in [3.05, 3.63) is 34.6 Å². The van der Waals surface area contributed by atoms with Crippen molar-refractivity contribution < 1.29 is 9.13 Å². The number of ether oxygens (including phenoxy) is 1. The van der Waals surface area contributed by atoms with Gasteiger partial charge in [-0.2, -0.15) is 0 Å². The van der Waals surface area contributed by atoms with Gasteiger partial charge < -0.3 is 10.5 Å². The Balaban J connectivity index is 1.90. The Morgan fingerprint density at radius 2 is 2.12 bits per heavy atom. The number of halogens is 2. The Labute approximate surface area is 106 Å². The highest BCUT2D eigenvalue weighted by Crippen LogP contribution is 2.22. The smallest absolute Gasteiger partial charge is 0.142 e. The fraction of sp³-hybridized carbons (Fsp3) is 0.538. The van der Waals surface area contributed by atoms with E-state index in [1.165, 1.54) is 12.5 Å². The summed E-state index contributed by atoms with van der Waals surface area (Å²) in [5.74, 6) is -0.402. The fourth-order valence-electron chi connectivity index (χ4n) is 2.17. The molecule has 1 saturated carbocycles. The zero-order chi connectivity index (χ0) is 12.3. The summed E-state index contributed by atoms with van der Waals surface area (Å²) in [5.41, 5.74) is 6.77. The van der Waals surface area contributed by atoms with Crippen LogP contribution < -0.4 is 5.73 Å². The maximum absolute atomic E-state index is 13.2. The summed E-state index contributed by atoms with van der Waals surface area (Å²) >= 11 is 5.62. The molecule has 0 aromatic heterocycles. The SMILES string of the molecule is NC1CCCCC1OCc1ccc(Cl)c(F)c1. The van der Waals surface area contributed by atoms with Crippen LogP contribution in [0.1, 0.15) is 31.2 Å². The molecule has 0 heterocycles. The largest absolute Gasteiger partial charge is 0.372 e. The molecular formula is C13H17ClFNO. The van der Waals surface area contributed by atoms with Gasteiger partial charge >= 0.3 is 0 Å². The quantitative estimate of drug-likeness (QED) is 0.902. The minimum absolute atomic E-state index is 0.0995. The Bertz CT molecular complexity index is 386. The molecule has 1 aromatic rings. The number of hydrogen-bond donors (Lipinski definition) is 1. The second-order valence-electron chi connectivity index (χ2n) is 4.55. The van der Waals surface area contributed by atoms with E-state index >= 15 is 0 Å². The van der Waals surface area contributed by atoms with Crippen LogP contribution in [0.5, 0.6) is 0 Å². The van der Waals surface area contributed by atoms with E-state index in [9.17, 15) is 4.39 Å². The molecule has 1 aliphatic rings. The maximum atomic E-state index is 13.2. The Morgan fingerprint density at radius 3 is 2.82 bits per heavy atom. The van der Waals surface area contributed by atoms with Gasteiger partial charge in [0.25, 0.3) is 0 Å². The molecule has 17 heavy (non-hydrogen) atoms. The summed E-state index contributed by atoms with van der Waals surface area (Å²) in [6, 6.07) is 4.85. The monoisotopic (exact) mass is 257 g/mol. The lowest BCUT2D eigenvalue weighted by molar-refractivity contribution is 0.00395. The zero-order valence-corrected chi connectivity index (χ0v) is 10.4. The van der Waals surface area contributed by atoms with Gasteiger partial charge in [-0.15, -0.1) is 0 Å². The molecule has 0 amide bonds. The van der Waals surface area contributed by atoms with Gasteiger partial charge in [-0.25, -0.2) is 4.39 Å². The average molecular weight is 258 g/mol. The van der Waals surface area contributed by atoms with Crippen molar-refractivity contribution in [2.75, 3.05) is 0 Å². The van der Waals surface area contributed by atoms with Gasteiger partial charge in [0, 0.05) is 6.04 Å². The fourth-order valence-corrected chi connectivity index (χ4v) is 2.28. The highest BCUT2D eigenvalue weighted by molar-refractivity contribution is 6.30. The van der Waals surface area contributed by atoms with E-state index in [0.717, 1.165) is 24.8 Å². The molecule has 2 unspecified atom stereocenters. The molecule has 94 valence electrons. The predicted molar refractivity (Wildman–Crippen MR) is 66.4 cm³/mol. The molecule has 1 fully saturated rings. The maximum Gasteiger partial charge on any atom is 0.142 e. The van der Waals surface area contributed by atoms with Crippen LogP contribution in [0, 0.1) is 5.82 Å². The first-order valence-corrected chi connectivity index (χ1v) is 6.36. The van der Waals surface area contributed by atoms with Gasteiger partial charge in [-0.3, -0.25) is 0 Å². The first-order valence-electron chi connectivity index (χ1n) is 5.98. The first kappa shape index (κ1) is 12.8. The normalized spacial score (nSPS) is 24.9. The van der Waals surface area contributed by atoms with E-state index in [2.05, 4.69) is 0 Å². The van der Waals surface area contributed by atoms with Crippen LogP contribution >= 0.6 is 11.6 Å². The minimum atomic E-state index is -0.402. The van der Waals surface area contributed by atoms with Crippen LogP contribution in [-0.2, 0) is 11.3 Å². The van der Waals surface area contributed by atoms with E-state index in [1.807, 2.05) is 0 Å². The first-order chi connectivity index (χ1) is 8.16. The van der Waals surface area contributed by atoms with Crippen molar-refractivity contribution in [1.82, 2.24) is 0 Å². The molecule has 2 rings (SSSR count). The Kier molecular flexibility index (Phi) is 4.37. The van der Waals surface area contributed by atoms with Crippen molar-refractivity contribution >= 4 is 11.6 Å². The lowest BCUT2D eigenvalue weighted by Gasteiger charge is -2.28. The molecule has 0 bridgehead atoms. The molecule has 1 aliphatic carbocycles. The van der Waals surface area contributed by atoms with E-state index < -0.39 is 5.82 Å².